The molecule has 0 atom stereocenters. The maximum absolute atomic E-state index is 2.77. The molecule has 8 aromatic rings. The fourth-order valence-electron chi connectivity index (χ4n) is 14.8. The third-order valence-electron chi connectivity index (χ3n) is 20.0. The van der Waals surface area contributed by atoms with E-state index in [1.165, 1.54) is 165 Å². The average molecular weight is 1000 g/mol. The Labute approximate surface area is 454 Å². The molecule has 1 aromatic heterocycles. The van der Waals surface area contributed by atoms with Crippen molar-refractivity contribution in [2.45, 2.75) is 187 Å². The van der Waals surface area contributed by atoms with E-state index in [0.29, 0.717) is 0 Å². The van der Waals surface area contributed by atoms with Crippen molar-refractivity contribution in [2.75, 3.05) is 9.80 Å². The molecule has 4 heteroatoms. The summed E-state index contributed by atoms with van der Waals surface area (Å²) >= 11 is 2.08. The van der Waals surface area contributed by atoms with Crippen molar-refractivity contribution in [2.24, 2.45) is 0 Å². The van der Waals surface area contributed by atoms with Crippen LogP contribution < -0.4 is 25.5 Å². The minimum Gasteiger partial charge on any atom is -0.311 e. The second-order valence-corrected chi connectivity index (χ2v) is 30.1. The van der Waals surface area contributed by atoms with Gasteiger partial charge < -0.3 is 9.80 Å². The van der Waals surface area contributed by atoms with Crippen LogP contribution in [-0.4, -0.2) is 6.71 Å². The van der Waals surface area contributed by atoms with E-state index in [9.17, 15) is 0 Å². The number of hydrogen-bond donors (Lipinski definition) is 0. The number of benzene rings is 7. The van der Waals surface area contributed by atoms with E-state index in [-0.39, 0.29) is 44.6 Å². The molecule has 5 aliphatic rings. The van der Waals surface area contributed by atoms with Crippen molar-refractivity contribution < 1.29 is 0 Å². The minimum atomic E-state index is -0.0400. The normalized spacial score (nSPS) is 20.0. The molecule has 3 heterocycles. The van der Waals surface area contributed by atoms with E-state index in [1.54, 1.807) is 0 Å². The van der Waals surface area contributed by atoms with Gasteiger partial charge in [0.1, 0.15) is 0 Å². The molecule has 3 aliphatic carbocycles. The average Bonchev–Trinajstić information content (AvgIpc) is 3.80. The Bertz CT molecular complexity index is 3750. The van der Waals surface area contributed by atoms with Gasteiger partial charge in [-0.25, -0.2) is 0 Å². The van der Waals surface area contributed by atoms with Crippen molar-refractivity contribution in [1.82, 2.24) is 0 Å². The third kappa shape index (κ3) is 7.30. The maximum Gasteiger partial charge on any atom is 0.264 e. The molecule has 0 fully saturated rings. The molecule has 382 valence electrons. The van der Waals surface area contributed by atoms with Gasteiger partial charge in [-0.1, -0.05) is 158 Å². The molecule has 13 rings (SSSR count). The molecule has 2 aliphatic heterocycles. The van der Waals surface area contributed by atoms with Gasteiger partial charge in [0.15, 0.2) is 0 Å². The van der Waals surface area contributed by atoms with Crippen molar-refractivity contribution >= 4 is 88.7 Å². The van der Waals surface area contributed by atoms with E-state index >= 15 is 0 Å². The molecule has 0 N–H and O–H groups in total. The minimum absolute atomic E-state index is 0.0400. The zero-order valence-corrected chi connectivity index (χ0v) is 48.9. The first-order valence-corrected chi connectivity index (χ1v) is 29.3. The fourth-order valence-corrected chi connectivity index (χ4v) is 16.1. The number of hydrogen-bond acceptors (Lipinski definition) is 3. The van der Waals surface area contributed by atoms with Crippen LogP contribution in [0.25, 0.3) is 32.0 Å². The third-order valence-corrected chi connectivity index (χ3v) is 21.2. The molecule has 75 heavy (non-hydrogen) atoms. The highest BCUT2D eigenvalue weighted by atomic mass is 32.1. The molecule has 0 saturated heterocycles. The van der Waals surface area contributed by atoms with Crippen LogP contribution in [0.2, 0.25) is 0 Å². The first-order valence-electron chi connectivity index (χ1n) is 28.5. The number of aryl methyl sites for hydroxylation is 1. The summed E-state index contributed by atoms with van der Waals surface area (Å²) in [4.78, 5) is 5.51. The second-order valence-electron chi connectivity index (χ2n) is 29.1. The van der Waals surface area contributed by atoms with Crippen LogP contribution in [0.4, 0.5) is 34.1 Å². The largest absolute Gasteiger partial charge is 0.311 e. The lowest BCUT2D eigenvalue weighted by atomic mass is 9.35. The van der Waals surface area contributed by atoms with Crippen molar-refractivity contribution in [3.63, 3.8) is 0 Å². The summed E-state index contributed by atoms with van der Waals surface area (Å²) in [6, 6.07) is 47.0. The SMILES string of the molecule is Cc1cc2c3c(c1)N(c1ccc(C(C)(C)C)cc1-c1ccc4ccccc4c1)c1c(sc4cc5c(cc14)C(C)(C)CCC5(C)C)B3c1cc3c(cc1N2c1ccc2c(c1)C(C)(C)CCC2(C)C)C(C)(C)CCC3(C)C. The molecule has 0 saturated carbocycles. The first kappa shape index (κ1) is 49.0. The van der Waals surface area contributed by atoms with Gasteiger partial charge in [0.2, 0.25) is 0 Å². The van der Waals surface area contributed by atoms with Crippen molar-refractivity contribution in [3.05, 3.63) is 160 Å². The molecule has 2 nitrogen and oxygen atoms in total. The van der Waals surface area contributed by atoms with Crippen LogP contribution in [0.15, 0.2) is 115 Å². The first-order chi connectivity index (χ1) is 35.2. The fraction of sp³-hybridized carbons (Fsp3) is 0.408. The Kier molecular flexibility index (Phi) is 10.3. The molecular weight excluding hydrogens is 924 g/mol. The summed E-state index contributed by atoms with van der Waals surface area (Å²) in [7, 11) is 0. The van der Waals surface area contributed by atoms with Gasteiger partial charge in [-0.3, -0.25) is 0 Å². The lowest BCUT2D eigenvalue weighted by molar-refractivity contribution is 0.332. The van der Waals surface area contributed by atoms with Crippen molar-refractivity contribution in [3.8, 4) is 11.1 Å². The van der Waals surface area contributed by atoms with Crippen LogP contribution in [-0.2, 0) is 37.9 Å². The van der Waals surface area contributed by atoms with E-state index in [4.69, 9.17) is 0 Å². The summed E-state index contributed by atoms with van der Waals surface area (Å²) < 4.78 is 2.87. The Morgan fingerprint density at radius 3 is 1.64 bits per heavy atom. The van der Waals surface area contributed by atoms with E-state index < -0.39 is 0 Å². The highest BCUT2D eigenvalue weighted by Gasteiger charge is 2.49. The quantitative estimate of drug-likeness (QED) is 0.163. The van der Waals surface area contributed by atoms with Crippen LogP contribution >= 0.6 is 11.3 Å². The highest BCUT2D eigenvalue weighted by molar-refractivity contribution is 7.33. The van der Waals surface area contributed by atoms with Crippen LogP contribution in [0, 0.1) is 6.92 Å². The van der Waals surface area contributed by atoms with Crippen LogP contribution in [0.3, 0.4) is 0 Å². The van der Waals surface area contributed by atoms with Gasteiger partial charge in [-0.2, -0.15) is 0 Å². The summed E-state index contributed by atoms with van der Waals surface area (Å²) in [5, 5.41) is 3.93. The van der Waals surface area contributed by atoms with E-state index in [1.807, 2.05) is 0 Å². The molecule has 0 radical (unpaired) electrons. The maximum atomic E-state index is 2.77. The molecule has 0 spiro atoms. The summed E-state index contributed by atoms with van der Waals surface area (Å²) in [6.45, 7) is 39.4. The van der Waals surface area contributed by atoms with Crippen molar-refractivity contribution in [1.29, 1.82) is 0 Å². The van der Waals surface area contributed by atoms with Gasteiger partial charge >= 0.3 is 0 Å². The van der Waals surface area contributed by atoms with Crippen LogP contribution in [0.5, 0.6) is 0 Å². The number of fused-ring (bicyclic) bond motifs is 10. The summed E-state index contributed by atoms with van der Waals surface area (Å²) in [6.07, 6.45) is 7.11. The van der Waals surface area contributed by atoms with Gasteiger partial charge in [0.05, 0.1) is 11.4 Å². The number of thiophene rings is 1. The summed E-state index contributed by atoms with van der Waals surface area (Å²) in [5.41, 5.74) is 25.4. The van der Waals surface area contributed by atoms with Crippen LogP contribution in [0.1, 0.15) is 187 Å². The monoisotopic (exact) mass is 1000 g/mol. The van der Waals surface area contributed by atoms with Gasteiger partial charge in [0, 0.05) is 43.2 Å². The smallest absolute Gasteiger partial charge is 0.264 e. The lowest BCUT2D eigenvalue weighted by Gasteiger charge is -2.47. The molecule has 0 amide bonds. The number of rotatable bonds is 3. The van der Waals surface area contributed by atoms with E-state index in [2.05, 4.69) is 247 Å². The van der Waals surface area contributed by atoms with E-state index in [0.717, 1.165) is 0 Å². The topological polar surface area (TPSA) is 6.48 Å². The second kappa shape index (κ2) is 15.8. The molecule has 0 unspecified atom stereocenters. The Morgan fingerprint density at radius 2 is 1.01 bits per heavy atom. The Morgan fingerprint density at radius 1 is 0.467 bits per heavy atom. The zero-order chi connectivity index (χ0) is 52.9. The van der Waals surface area contributed by atoms with Gasteiger partial charge in [-0.15, -0.1) is 11.3 Å². The molecule has 0 bridgehead atoms. The predicted octanol–water partition coefficient (Wildman–Crippen LogP) is 18.5. The summed E-state index contributed by atoms with van der Waals surface area (Å²) in [5.74, 6) is 0. The Balaban J connectivity index is 1.18. The highest BCUT2D eigenvalue weighted by Crippen LogP contribution is 2.56. The zero-order valence-electron chi connectivity index (χ0n) is 48.1. The van der Waals surface area contributed by atoms with Gasteiger partial charge in [-0.05, 0) is 216 Å². The van der Waals surface area contributed by atoms with Gasteiger partial charge in [0.25, 0.3) is 6.71 Å². The Hall–Kier alpha value is -5.58. The number of nitrogens with zero attached hydrogens (tertiary/aromatic N) is 2. The lowest BCUT2D eigenvalue weighted by Crippen LogP contribution is -2.61. The molecule has 7 aromatic carbocycles. The predicted molar refractivity (Wildman–Crippen MR) is 328 cm³/mol. The molecular formula is C71H79BN2S. The standard InChI is InChI=1S/C71H79BN2S/c1-42-33-59-62-60(34-42)74(57-26-23-46(65(2,3)4)36-48(57)45-22-21-43-19-17-18-20-44(43)35-45)63-49-38-52-55(71(15,16)32-29-68(52,9)10)41-61(49)75-64(63)72(62)56-39-53-54(70(13,14)31-30-69(53,11)12)40-58(56)73(59)47-24-25-50-51(37-47)67(7,8)28-27-66(50,5)6/h17-26,33-41H,27-32H2,1-16H3. The number of anilines is 6.